The van der Waals surface area contributed by atoms with Crippen molar-refractivity contribution in [1.82, 2.24) is 0 Å². The van der Waals surface area contributed by atoms with E-state index in [0.717, 1.165) is 23.3 Å². The number of benzene rings is 1. The molecule has 22 heavy (non-hydrogen) atoms. The van der Waals surface area contributed by atoms with Gasteiger partial charge in [0.25, 0.3) is 0 Å². The van der Waals surface area contributed by atoms with E-state index in [1.54, 1.807) is 12.1 Å². The molecular formula is C16H22FN3O2. The van der Waals surface area contributed by atoms with Gasteiger partial charge in [-0.2, -0.15) is 4.99 Å². The molecule has 2 aliphatic rings. The van der Waals surface area contributed by atoms with E-state index in [0.29, 0.717) is 18.4 Å². The van der Waals surface area contributed by atoms with E-state index in [9.17, 15) is 9.18 Å². The van der Waals surface area contributed by atoms with Crippen molar-refractivity contribution in [1.29, 1.82) is 0 Å². The molecule has 0 aromatic heterocycles. The third-order valence-corrected chi connectivity index (χ3v) is 4.75. The van der Waals surface area contributed by atoms with Gasteiger partial charge < -0.3 is 16.2 Å². The minimum absolute atomic E-state index is 0.0494. The molecule has 6 heteroatoms. The van der Waals surface area contributed by atoms with Gasteiger partial charge in [-0.05, 0) is 34.9 Å². The SMILES string of the molecule is C[C@@H]1[C@@H](c2c(F)ccc3c2CCO3)C1(C)C.NC(N)=NC=O. The molecule has 120 valence electrons. The van der Waals surface area contributed by atoms with Crippen LogP contribution in [0.3, 0.4) is 0 Å². The van der Waals surface area contributed by atoms with E-state index in [1.807, 2.05) is 0 Å². The minimum atomic E-state index is -0.204. The fraction of sp³-hybridized carbons (Fsp3) is 0.500. The van der Waals surface area contributed by atoms with E-state index < -0.39 is 0 Å². The van der Waals surface area contributed by atoms with Crippen molar-refractivity contribution in [3.05, 3.63) is 29.1 Å². The van der Waals surface area contributed by atoms with Crippen LogP contribution in [0.4, 0.5) is 4.39 Å². The number of carbonyl (C=O) groups is 1. The van der Waals surface area contributed by atoms with Crippen molar-refractivity contribution in [3.63, 3.8) is 0 Å². The highest BCUT2D eigenvalue weighted by atomic mass is 19.1. The van der Waals surface area contributed by atoms with E-state index in [-0.39, 0.29) is 23.6 Å². The number of nitrogens with two attached hydrogens (primary N) is 2. The zero-order chi connectivity index (χ0) is 16.5. The summed E-state index contributed by atoms with van der Waals surface area (Å²) >= 11 is 0. The molecule has 0 spiro atoms. The summed E-state index contributed by atoms with van der Waals surface area (Å²) in [6.45, 7) is 7.35. The van der Waals surface area contributed by atoms with Gasteiger partial charge in [0.05, 0.1) is 6.61 Å². The normalized spacial score (nSPS) is 23.5. The molecule has 1 aliphatic heterocycles. The molecular weight excluding hydrogens is 285 g/mol. The summed E-state index contributed by atoms with van der Waals surface area (Å²) in [4.78, 5) is 12.2. The van der Waals surface area contributed by atoms with Crippen LogP contribution in [0.1, 0.15) is 37.8 Å². The molecule has 1 aromatic carbocycles. The Balaban J connectivity index is 0.000000254. The Morgan fingerprint density at radius 2 is 2.09 bits per heavy atom. The lowest BCUT2D eigenvalue weighted by molar-refractivity contribution is -0.106. The van der Waals surface area contributed by atoms with E-state index in [1.165, 1.54) is 0 Å². The second-order valence-electron chi connectivity index (χ2n) is 6.28. The smallest absolute Gasteiger partial charge is 0.236 e. The average molecular weight is 307 g/mol. The van der Waals surface area contributed by atoms with Crippen LogP contribution in [0.15, 0.2) is 17.1 Å². The first kappa shape index (κ1) is 16.3. The first-order chi connectivity index (χ1) is 10.3. The van der Waals surface area contributed by atoms with Crippen molar-refractivity contribution in [3.8, 4) is 5.75 Å². The Labute approximate surface area is 129 Å². The van der Waals surface area contributed by atoms with Crippen LogP contribution >= 0.6 is 0 Å². The average Bonchev–Trinajstić information content (AvgIpc) is 2.81. The Kier molecular flexibility index (Phi) is 4.39. The molecule has 0 saturated heterocycles. The summed E-state index contributed by atoms with van der Waals surface area (Å²) in [5, 5.41) is 0. The quantitative estimate of drug-likeness (QED) is 0.496. The maximum atomic E-state index is 14.0. The molecule has 1 heterocycles. The van der Waals surface area contributed by atoms with Crippen LogP contribution < -0.4 is 16.2 Å². The van der Waals surface area contributed by atoms with Gasteiger partial charge in [0.15, 0.2) is 5.96 Å². The van der Waals surface area contributed by atoms with Crippen LogP contribution in [0.5, 0.6) is 5.75 Å². The molecule has 0 unspecified atom stereocenters. The fourth-order valence-electron chi connectivity index (χ4n) is 3.19. The number of ether oxygens (including phenoxy) is 1. The lowest BCUT2D eigenvalue weighted by Crippen LogP contribution is -2.22. The minimum Gasteiger partial charge on any atom is -0.493 e. The standard InChI is InChI=1S/C14H17FO.C2H5N3O/c1-8-13(14(8,2)3)12-9-6-7-16-11(9)5-4-10(12)15;3-2(4)5-1-6/h4-5,8,13H,6-7H2,1-3H3;1H,(H4,3,4,5,6)/t8-,13+;/m1./s1. The van der Waals surface area contributed by atoms with Crippen LogP contribution in [0.25, 0.3) is 0 Å². The number of fused-ring (bicyclic) bond motifs is 1. The Morgan fingerprint density at radius 3 is 2.55 bits per heavy atom. The Morgan fingerprint density at radius 1 is 1.45 bits per heavy atom. The molecule has 3 rings (SSSR count). The zero-order valence-corrected chi connectivity index (χ0v) is 13.1. The molecule has 4 N–H and O–H groups in total. The molecule has 5 nitrogen and oxygen atoms in total. The molecule has 1 aromatic rings. The van der Waals surface area contributed by atoms with Crippen molar-refractivity contribution in [2.45, 2.75) is 33.1 Å². The Bertz CT molecular complexity index is 610. The molecule has 0 bridgehead atoms. The van der Waals surface area contributed by atoms with E-state index in [4.69, 9.17) is 16.2 Å². The highest BCUT2D eigenvalue weighted by Gasteiger charge is 2.57. The summed E-state index contributed by atoms with van der Waals surface area (Å²) in [6.07, 6.45) is 1.15. The number of carbonyl (C=O) groups excluding carboxylic acids is 1. The van der Waals surface area contributed by atoms with Crippen molar-refractivity contribution in [2.75, 3.05) is 6.61 Å². The fourth-order valence-corrected chi connectivity index (χ4v) is 3.19. The highest BCUT2D eigenvalue weighted by molar-refractivity contribution is 5.82. The molecule has 0 radical (unpaired) electrons. The third-order valence-electron chi connectivity index (χ3n) is 4.75. The van der Waals surface area contributed by atoms with Crippen LogP contribution in [-0.4, -0.2) is 19.0 Å². The number of hydrogen-bond donors (Lipinski definition) is 2. The largest absolute Gasteiger partial charge is 0.493 e. The van der Waals surface area contributed by atoms with Crippen LogP contribution in [0, 0.1) is 17.2 Å². The van der Waals surface area contributed by atoms with Gasteiger partial charge in [-0.3, -0.25) is 4.79 Å². The number of halogens is 1. The number of hydrogen-bond acceptors (Lipinski definition) is 2. The first-order valence-electron chi connectivity index (χ1n) is 7.27. The van der Waals surface area contributed by atoms with Crippen LogP contribution in [0.2, 0.25) is 0 Å². The van der Waals surface area contributed by atoms with Crippen molar-refractivity contribution in [2.24, 2.45) is 27.8 Å². The van der Waals surface area contributed by atoms with Gasteiger partial charge in [-0.1, -0.05) is 20.8 Å². The number of aliphatic imine (C=N–C) groups is 1. The van der Waals surface area contributed by atoms with Gasteiger partial charge in [0, 0.05) is 12.0 Å². The Hall–Kier alpha value is -2.11. The van der Waals surface area contributed by atoms with E-state index in [2.05, 4.69) is 25.8 Å². The maximum Gasteiger partial charge on any atom is 0.236 e. The summed E-state index contributed by atoms with van der Waals surface area (Å²) in [7, 11) is 0. The summed E-state index contributed by atoms with van der Waals surface area (Å²) < 4.78 is 19.5. The second-order valence-corrected chi connectivity index (χ2v) is 6.28. The summed E-state index contributed by atoms with van der Waals surface area (Å²) in [5.41, 5.74) is 11.7. The topological polar surface area (TPSA) is 90.7 Å². The predicted octanol–water partition coefficient (Wildman–Crippen LogP) is 1.94. The second kappa shape index (κ2) is 5.94. The van der Waals surface area contributed by atoms with Gasteiger partial charge in [0.1, 0.15) is 11.6 Å². The maximum absolute atomic E-state index is 14.0. The molecule has 1 aliphatic carbocycles. The van der Waals surface area contributed by atoms with Gasteiger partial charge in [0.2, 0.25) is 6.41 Å². The lowest BCUT2D eigenvalue weighted by atomic mass is 9.96. The van der Waals surface area contributed by atoms with Gasteiger partial charge in [-0.15, -0.1) is 0 Å². The molecule has 1 fully saturated rings. The lowest BCUT2D eigenvalue weighted by Gasteiger charge is -2.10. The van der Waals surface area contributed by atoms with Crippen molar-refractivity contribution < 1.29 is 13.9 Å². The van der Waals surface area contributed by atoms with Crippen molar-refractivity contribution >= 4 is 12.4 Å². The monoisotopic (exact) mass is 307 g/mol. The molecule has 1 saturated carbocycles. The third kappa shape index (κ3) is 2.91. The predicted molar refractivity (Wildman–Crippen MR) is 83.2 cm³/mol. The number of rotatable bonds is 2. The van der Waals surface area contributed by atoms with Crippen LogP contribution in [-0.2, 0) is 11.2 Å². The molecule has 1 amide bonds. The number of guanidine groups is 1. The van der Waals surface area contributed by atoms with Gasteiger partial charge >= 0.3 is 0 Å². The van der Waals surface area contributed by atoms with Gasteiger partial charge in [-0.25, -0.2) is 4.39 Å². The first-order valence-corrected chi connectivity index (χ1v) is 7.27. The summed E-state index contributed by atoms with van der Waals surface area (Å²) in [5.74, 6) is 1.57. The summed E-state index contributed by atoms with van der Waals surface area (Å²) in [6, 6.07) is 3.32. The highest BCUT2D eigenvalue weighted by Crippen LogP contribution is 2.65. The van der Waals surface area contributed by atoms with E-state index >= 15 is 0 Å². The number of amides is 1. The number of nitrogens with zero attached hydrogens (tertiary/aromatic N) is 1. The molecule has 2 atom stereocenters. The zero-order valence-electron chi connectivity index (χ0n) is 13.1.